The Morgan fingerprint density at radius 2 is 2.10 bits per heavy atom. The highest BCUT2D eigenvalue weighted by Gasteiger charge is 2.03. The van der Waals surface area contributed by atoms with Gasteiger partial charge in [-0.2, -0.15) is 0 Å². The quantitative estimate of drug-likeness (QED) is 0.806. The molecule has 0 aliphatic heterocycles. The lowest BCUT2D eigenvalue weighted by atomic mass is 10.1. The lowest BCUT2D eigenvalue weighted by Crippen LogP contribution is -2.23. The summed E-state index contributed by atoms with van der Waals surface area (Å²) in [6.07, 6.45) is 3.87. The third-order valence-corrected chi connectivity index (χ3v) is 3.67. The van der Waals surface area contributed by atoms with E-state index in [0.717, 1.165) is 10.4 Å². The SMILES string of the molecule is O=C(C=Cc1cccs1)NCCc1cccc(C(=O)O)c1. The van der Waals surface area contributed by atoms with Crippen LogP contribution >= 0.6 is 11.3 Å². The molecule has 0 saturated heterocycles. The van der Waals surface area contributed by atoms with Gasteiger partial charge in [-0.25, -0.2) is 4.79 Å². The summed E-state index contributed by atoms with van der Waals surface area (Å²) in [7, 11) is 0. The monoisotopic (exact) mass is 301 g/mol. The van der Waals surface area contributed by atoms with Crippen LogP contribution in [0.3, 0.4) is 0 Å². The van der Waals surface area contributed by atoms with E-state index in [9.17, 15) is 9.59 Å². The van der Waals surface area contributed by atoms with Crippen LogP contribution in [0.4, 0.5) is 0 Å². The van der Waals surface area contributed by atoms with Crippen molar-refractivity contribution in [2.45, 2.75) is 6.42 Å². The van der Waals surface area contributed by atoms with Gasteiger partial charge < -0.3 is 10.4 Å². The second-order valence-corrected chi connectivity index (χ2v) is 5.37. The number of carbonyl (C=O) groups excluding carboxylic acids is 1. The molecule has 0 fully saturated rings. The van der Waals surface area contributed by atoms with Gasteiger partial charge in [0.25, 0.3) is 0 Å². The lowest BCUT2D eigenvalue weighted by molar-refractivity contribution is -0.116. The zero-order valence-corrected chi connectivity index (χ0v) is 12.1. The summed E-state index contributed by atoms with van der Waals surface area (Å²) in [6.45, 7) is 0.469. The highest BCUT2D eigenvalue weighted by atomic mass is 32.1. The minimum Gasteiger partial charge on any atom is -0.478 e. The number of nitrogens with one attached hydrogen (secondary N) is 1. The Labute approximate surface area is 126 Å². The first kappa shape index (κ1) is 15.0. The number of benzene rings is 1. The minimum absolute atomic E-state index is 0.155. The van der Waals surface area contributed by atoms with Gasteiger partial charge in [-0.1, -0.05) is 18.2 Å². The van der Waals surface area contributed by atoms with Crippen LogP contribution in [0.1, 0.15) is 20.8 Å². The summed E-state index contributed by atoms with van der Waals surface area (Å²) < 4.78 is 0. The number of amides is 1. The average Bonchev–Trinajstić information content (AvgIpc) is 2.99. The van der Waals surface area contributed by atoms with Gasteiger partial charge in [0, 0.05) is 17.5 Å². The van der Waals surface area contributed by atoms with Crippen molar-refractivity contribution in [3.8, 4) is 0 Å². The first-order valence-corrected chi connectivity index (χ1v) is 7.35. The first-order chi connectivity index (χ1) is 10.1. The summed E-state index contributed by atoms with van der Waals surface area (Å²) >= 11 is 1.57. The second kappa shape index (κ2) is 7.40. The van der Waals surface area contributed by atoms with Crippen molar-refractivity contribution in [2.24, 2.45) is 0 Å². The predicted octanol–water partition coefficient (Wildman–Crippen LogP) is 2.82. The summed E-state index contributed by atoms with van der Waals surface area (Å²) in [4.78, 5) is 23.5. The normalized spacial score (nSPS) is 10.7. The molecule has 0 atom stereocenters. The molecule has 0 spiro atoms. The number of hydrogen-bond acceptors (Lipinski definition) is 3. The van der Waals surface area contributed by atoms with Crippen molar-refractivity contribution in [3.05, 3.63) is 63.9 Å². The topological polar surface area (TPSA) is 66.4 Å². The lowest BCUT2D eigenvalue weighted by Gasteiger charge is -2.04. The van der Waals surface area contributed by atoms with Crippen LogP contribution in [0, 0.1) is 0 Å². The summed E-state index contributed by atoms with van der Waals surface area (Å²) in [5, 5.41) is 13.6. The molecule has 1 aromatic heterocycles. The molecule has 108 valence electrons. The van der Waals surface area contributed by atoms with Crippen molar-refractivity contribution in [1.82, 2.24) is 5.32 Å². The number of aromatic carboxylic acids is 1. The highest BCUT2D eigenvalue weighted by Crippen LogP contribution is 2.10. The van der Waals surface area contributed by atoms with Crippen LogP contribution in [-0.4, -0.2) is 23.5 Å². The Kier molecular flexibility index (Phi) is 5.29. The zero-order chi connectivity index (χ0) is 15.1. The molecule has 0 unspecified atom stereocenters. The fourth-order valence-electron chi connectivity index (χ4n) is 1.79. The van der Waals surface area contributed by atoms with E-state index in [0.29, 0.717) is 13.0 Å². The van der Waals surface area contributed by atoms with E-state index in [2.05, 4.69) is 5.32 Å². The maximum Gasteiger partial charge on any atom is 0.335 e. The molecule has 1 aromatic carbocycles. The molecule has 2 rings (SSSR count). The molecule has 5 heteroatoms. The van der Waals surface area contributed by atoms with Crippen LogP contribution < -0.4 is 5.32 Å². The van der Waals surface area contributed by atoms with Crippen LogP contribution in [0.15, 0.2) is 47.9 Å². The first-order valence-electron chi connectivity index (χ1n) is 6.47. The smallest absolute Gasteiger partial charge is 0.335 e. The van der Waals surface area contributed by atoms with Crippen molar-refractivity contribution in [1.29, 1.82) is 0 Å². The predicted molar refractivity (Wildman–Crippen MR) is 83.5 cm³/mol. The molecule has 0 aliphatic carbocycles. The van der Waals surface area contributed by atoms with Crippen LogP contribution in [-0.2, 0) is 11.2 Å². The fourth-order valence-corrected chi connectivity index (χ4v) is 2.41. The van der Waals surface area contributed by atoms with Crippen LogP contribution in [0.5, 0.6) is 0 Å². The third-order valence-electron chi connectivity index (χ3n) is 2.83. The van der Waals surface area contributed by atoms with E-state index in [1.54, 1.807) is 35.6 Å². The van der Waals surface area contributed by atoms with Crippen molar-refractivity contribution in [3.63, 3.8) is 0 Å². The molecule has 0 aliphatic rings. The molecule has 0 radical (unpaired) electrons. The van der Waals surface area contributed by atoms with Crippen molar-refractivity contribution < 1.29 is 14.7 Å². The van der Waals surface area contributed by atoms with Gasteiger partial charge in [0.15, 0.2) is 0 Å². The molecule has 4 nitrogen and oxygen atoms in total. The summed E-state index contributed by atoms with van der Waals surface area (Å²) in [6, 6.07) is 10.6. The molecule has 0 bridgehead atoms. The van der Waals surface area contributed by atoms with Crippen LogP contribution in [0.2, 0.25) is 0 Å². The van der Waals surface area contributed by atoms with Gasteiger partial charge in [-0.05, 0) is 41.6 Å². The second-order valence-electron chi connectivity index (χ2n) is 4.40. The van der Waals surface area contributed by atoms with Gasteiger partial charge in [-0.15, -0.1) is 11.3 Å². The molecule has 1 amide bonds. The van der Waals surface area contributed by atoms with E-state index >= 15 is 0 Å². The molecular weight excluding hydrogens is 286 g/mol. The largest absolute Gasteiger partial charge is 0.478 e. The maximum atomic E-state index is 11.6. The van der Waals surface area contributed by atoms with Crippen LogP contribution in [0.25, 0.3) is 6.08 Å². The summed E-state index contributed by atoms with van der Waals surface area (Å²) in [5.41, 5.74) is 1.15. The Bertz CT molecular complexity index is 647. The van der Waals surface area contributed by atoms with Crippen molar-refractivity contribution in [2.75, 3.05) is 6.54 Å². The third kappa shape index (κ3) is 4.89. The number of hydrogen-bond donors (Lipinski definition) is 2. The number of carbonyl (C=O) groups is 2. The number of rotatable bonds is 6. The Balaban J connectivity index is 1.80. The molecule has 2 N–H and O–H groups in total. The molecule has 21 heavy (non-hydrogen) atoms. The van der Waals surface area contributed by atoms with E-state index in [4.69, 9.17) is 5.11 Å². The minimum atomic E-state index is -0.945. The highest BCUT2D eigenvalue weighted by molar-refractivity contribution is 7.10. The van der Waals surface area contributed by atoms with E-state index < -0.39 is 5.97 Å². The zero-order valence-electron chi connectivity index (χ0n) is 11.3. The number of carboxylic acid groups (broad SMARTS) is 1. The van der Waals surface area contributed by atoms with Gasteiger partial charge in [0.1, 0.15) is 0 Å². The van der Waals surface area contributed by atoms with E-state index in [-0.39, 0.29) is 11.5 Å². The number of thiophene rings is 1. The molecule has 1 heterocycles. The van der Waals surface area contributed by atoms with E-state index in [1.807, 2.05) is 23.6 Å². The van der Waals surface area contributed by atoms with Gasteiger partial charge in [-0.3, -0.25) is 4.79 Å². The molecule has 2 aromatic rings. The molecular formula is C16H15NO3S. The Morgan fingerprint density at radius 1 is 1.24 bits per heavy atom. The Morgan fingerprint density at radius 3 is 2.81 bits per heavy atom. The number of carboxylic acids is 1. The van der Waals surface area contributed by atoms with E-state index in [1.165, 1.54) is 6.08 Å². The average molecular weight is 301 g/mol. The fraction of sp³-hybridized carbons (Fsp3) is 0.125. The summed E-state index contributed by atoms with van der Waals surface area (Å²) in [5.74, 6) is -1.10. The van der Waals surface area contributed by atoms with Gasteiger partial charge >= 0.3 is 5.97 Å². The van der Waals surface area contributed by atoms with Crippen molar-refractivity contribution >= 4 is 29.3 Å². The Hall–Kier alpha value is -2.40. The van der Waals surface area contributed by atoms with Gasteiger partial charge in [0.2, 0.25) is 5.91 Å². The maximum absolute atomic E-state index is 11.6. The standard InChI is InChI=1S/C16H15NO3S/c18-15(7-6-14-5-2-10-21-14)17-9-8-12-3-1-4-13(11-12)16(19)20/h1-7,10-11H,8-9H2,(H,17,18)(H,19,20). The van der Waals surface area contributed by atoms with Gasteiger partial charge in [0.05, 0.1) is 5.56 Å². The molecule has 0 saturated carbocycles.